The van der Waals surface area contributed by atoms with Crippen LogP contribution in [0.5, 0.6) is 0 Å². The maximum atomic E-state index is 13.7. The van der Waals surface area contributed by atoms with E-state index in [4.69, 9.17) is 4.98 Å². The fourth-order valence-corrected chi connectivity index (χ4v) is 6.12. The first-order valence-electron chi connectivity index (χ1n) is 12.2. The maximum absolute atomic E-state index is 13.7. The lowest BCUT2D eigenvalue weighted by molar-refractivity contribution is 0.360. The first kappa shape index (κ1) is 22.3. The Labute approximate surface area is 199 Å². The molecular weight excluding hydrogens is 430 g/mol. The second kappa shape index (κ2) is 9.75. The number of imidazole rings is 1. The zero-order valence-corrected chi connectivity index (χ0v) is 20.4. The number of nitrogens with zero attached hydrogens (tertiary/aromatic N) is 4. The quantitative estimate of drug-likeness (QED) is 0.544. The summed E-state index contributed by atoms with van der Waals surface area (Å²) < 4.78 is 3.76. The molecule has 0 spiro atoms. The Morgan fingerprint density at radius 1 is 1.06 bits per heavy atom. The number of rotatable bonds is 5. The summed E-state index contributed by atoms with van der Waals surface area (Å²) in [5.41, 5.74) is 3.63. The Balaban J connectivity index is 1.53. The van der Waals surface area contributed by atoms with Gasteiger partial charge in [0.2, 0.25) is 5.95 Å². The van der Waals surface area contributed by atoms with Crippen molar-refractivity contribution in [2.75, 3.05) is 16.8 Å². The molecule has 5 rings (SSSR count). The first-order valence-corrected chi connectivity index (χ1v) is 13.3. The fourth-order valence-electron chi connectivity index (χ4n) is 5.04. The molecule has 3 heterocycles. The van der Waals surface area contributed by atoms with Gasteiger partial charge in [0.25, 0.3) is 0 Å². The number of hydrogen-bond acceptors (Lipinski definition) is 5. The minimum Gasteiger partial charge on any atom is -0.351 e. The van der Waals surface area contributed by atoms with Crippen LogP contribution in [0.4, 0.5) is 5.95 Å². The van der Waals surface area contributed by atoms with Crippen LogP contribution in [0.2, 0.25) is 0 Å². The van der Waals surface area contributed by atoms with Crippen molar-refractivity contribution in [2.24, 2.45) is 5.92 Å². The summed E-state index contributed by atoms with van der Waals surface area (Å²) in [5.74, 6) is 3.65. The summed E-state index contributed by atoms with van der Waals surface area (Å²) >= 11 is 1.97. The fraction of sp³-hybridized carbons (Fsp3) is 0.500. The van der Waals surface area contributed by atoms with E-state index in [1.165, 1.54) is 12.8 Å². The smallest absolute Gasteiger partial charge is 0.333 e. The van der Waals surface area contributed by atoms with Crippen LogP contribution in [0.1, 0.15) is 57.1 Å². The van der Waals surface area contributed by atoms with Gasteiger partial charge >= 0.3 is 5.69 Å². The lowest BCUT2D eigenvalue weighted by atomic mass is 9.87. The highest BCUT2D eigenvalue weighted by molar-refractivity contribution is 7.99. The highest BCUT2D eigenvalue weighted by atomic mass is 32.2. The number of benzene rings is 1. The zero-order chi connectivity index (χ0) is 22.8. The minimum absolute atomic E-state index is 0.0156. The summed E-state index contributed by atoms with van der Waals surface area (Å²) in [6.07, 6.45) is 10.7. The Morgan fingerprint density at radius 3 is 2.61 bits per heavy atom. The largest absolute Gasteiger partial charge is 0.351 e. The molecule has 0 atom stereocenters. The van der Waals surface area contributed by atoms with Crippen molar-refractivity contribution in [3.8, 4) is 17.1 Å². The van der Waals surface area contributed by atoms with Gasteiger partial charge in [0.15, 0.2) is 0 Å². The second-order valence-corrected chi connectivity index (χ2v) is 10.8. The average molecular weight is 464 g/mol. The lowest BCUT2D eigenvalue weighted by Gasteiger charge is -2.26. The van der Waals surface area contributed by atoms with Crippen LogP contribution in [0.15, 0.2) is 47.5 Å². The van der Waals surface area contributed by atoms with Gasteiger partial charge in [-0.05, 0) is 86.6 Å². The third-order valence-electron chi connectivity index (χ3n) is 7.03. The van der Waals surface area contributed by atoms with Gasteiger partial charge in [-0.1, -0.05) is 19.1 Å². The van der Waals surface area contributed by atoms with Crippen molar-refractivity contribution in [3.05, 3.63) is 58.8 Å². The Bertz CT molecular complexity index is 1160. The molecule has 1 aliphatic heterocycles. The molecule has 1 aliphatic carbocycles. The molecule has 2 aromatic heterocycles. The van der Waals surface area contributed by atoms with Gasteiger partial charge in [0, 0.05) is 24.5 Å². The Morgan fingerprint density at radius 2 is 1.85 bits per heavy atom. The van der Waals surface area contributed by atoms with Gasteiger partial charge in [0.1, 0.15) is 0 Å². The van der Waals surface area contributed by atoms with E-state index >= 15 is 0 Å². The first-order chi connectivity index (χ1) is 16.1. The normalized spacial score (nSPS) is 21.8. The van der Waals surface area contributed by atoms with E-state index in [2.05, 4.69) is 36.3 Å². The summed E-state index contributed by atoms with van der Waals surface area (Å²) in [6, 6.07) is 10.7. The molecule has 1 N–H and O–H groups in total. The molecule has 0 amide bonds. The SMILES string of the molecule is Cc1cccc(-n2c(-c3ccnc(NC4CCC(C)CC4)n3)cn(C3CCSCC3)c2=O)c1. The number of aryl methyl sites for hydroxylation is 1. The van der Waals surface area contributed by atoms with E-state index < -0.39 is 0 Å². The van der Waals surface area contributed by atoms with Gasteiger partial charge in [-0.3, -0.25) is 9.13 Å². The number of nitrogens with one attached hydrogen (secondary N) is 1. The molecule has 2 aliphatic rings. The molecule has 7 heteroatoms. The van der Waals surface area contributed by atoms with E-state index in [-0.39, 0.29) is 11.7 Å². The van der Waals surface area contributed by atoms with Crippen LogP contribution < -0.4 is 11.0 Å². The third kappa shape index (κ3) is 4.88. The van der Waals surface area contributed by atoms with Crippen LogP contribution in [0.25, 0.3) is 17.1 Å². The molecule has 0 bridgehead atoms. The number of thioether (sulfide) groups is 1. The van der Waals surface area contributed by atoms with Crippen LogP contribution in [-0.2, 0) is 0 Å². The van der Waals surface area contributed by atoms with E-state index in [0.29, 0.717) is 12.0 Å². The molecule has 2 fully saturated rings. The van der Waals surface area contributed by atoms with Crippen molar-refractivity contribution in [3.63, 3.8) is 0 Å². The molecule has 1 saturated carbocycles. The van der Waals surface area contributed by atoms with Gasteiger partial charge in [-0.15, -0.1) is 0 Å². The predicted octanol–water partition coefficient (Wildman–Crippen LogP) is 5.46. The zero-order valence-electron chi connectivity index (χ0n) is 19.5. The van der Waals surface area contributed by atoms with Crippen LogP contribution >= 0.6 is 11.8 Å². The van der Waals surface area contributed by atoms with E-state index in [0.717, 1.165) is 65.7 Å². The minimum atomic E-state index is 0.0156. The topological polar surface area (TPSA) is 64.7 Å². The third-order valence-corrected chi connectivity index (χ3v) is 8.07. The van der Waals surface area contributed by atoms with Gasteiger partial charge in [-0.25, -0.2) is 14.8 Å². The van der Waals surface area contributed by atoms with Crippen molar-refractivity contribution in [1.29, 1.82) is 0 Å². The van der Waals surface area contributed by atoms with Crippen molar-refractivity contribution < 1.29 is 0 Å². The van der Waals surface area contributed by atoms with Crippen molar-refractivity contribution in [2.45, 2.75) is 64.5 Å². The van der Waals surface area contributed by atoms with Crippen molar-refractivity contribution >= 4 is 17.7 Å². The Hall–Kier alpha value is -2.54. The molecule has 1 aromatic carbocycles. The van der Waals surface area contributed by atoms with Gasteiger partial charge < -0.3 is 5.32 Å². The van der Waals surface area contributed by atoms with Gasteiger partial charge in [-0.2, -0.15) is 11.8 Å². The summed E-state index contributed by atoms with van der Waals surface area (Å²) in [4.78, 5) is 23.0. The molecular formula is C26H33N5OS. The van der Waals surface area contributed by atoms with E-state index in [1.54, 1.807) is 6.20 Å². The van der Waals surface area contributed by atoms with Crippen molar-refractivity contribution in [1.82, 2.24) is 19.1 Å². The molecule has 0 unspecified atom stereocenters. The monoisotopic (exact) mass is 463 g/mol. The molecule has 0 radical (unpaired) electrons. The molecule has 6 nitrogen and oxygen atoms in total. The Kier molecular flexibility index (Phi) is 6.58. The summed E-state index contributed by atoms with van der Waals surface area (Å²) in [5, 5.41) is 3.55. The molecule has 33 heavy (non-hydrogen) atoms. The summed E-state index contributed by atoms with van der Waals surface area (Å²) in [6.45, 7) is 4.38. The predicted molar refractivity (Wildman–Crippen MR) is 136 cm³/mol. The molecule has 1 saturated heterocycles. The molecule has 174 valence electrons. The lowest BCUT2D eigenvalue weighted by Crippen LogP contribution is -2.28. The molecule has 3 aromatic rings. The van der Waals surface area contributed by atoms with Crippen LogP contribution in [-0.4, -0.2) is 36.6 Å². The van der Waals surface area contributed by atoms with Crippen LogP contribution in [0.3, 0.4) is 0 Å². The number of anilines is 1. The summed E-state index contributed by atoms with van der Waals surface area (Å²) in [7, 11) is 0. The number of hydrogen-bond donors (Lipinski definition) is 1. The highest BCUT2D eigenvalue weighted by Gasteiger charge is 2.24. The van der Waals surface area contributed by atoms with E-state index in [9.17, 15) is 4.79 Å². The van der Waals surface area contributed by atoms with E-state index in [1.807, 2.05) is 45.3 Å². The average Bonchev–Trinajstić information content (AvgIpc) is 3.18. The standard InChI is InChI=1S/C26H33N5OS/c1-18-6-8-20(9-7-18)28-25-27-13-10-23(29-25)24-17-30(21-11-14-33-15-12-21)26(32)31(24)22-5-3-4-19(2)16-22/h3-5,10,13,16-18,20-21H,6-9,11-12,14-15H2,1-2H3,(H,27,28,29). The highest BCUT2D eigenvalue weighted by Crippen LogP contribution is 2.30. The maximum Gasteiger partial charge on any atom is 0.333 e. The van der Waals surface area contributed by atoms with Crippen LogP contribution in [0, 0.1) is 12.8 Å². The van der Waals surface area contributed by atoms with Gasteiger partial charge in [0.05, 0.1) is 17.1 Å². The second-order valence-electron chi connectivity index (χ2n) is 9.59. The number of aromatic nitrogens is 4.